The van der Waals surface area contributed by atoms with Crippen LogP contribution in [0, 0.1) is 0 Å². The minimum Gasteiger partial charge on any atom is -0.0894 e. The molecule has 0 atom stereocenters. The van der Waals surface area contributed by atoms with Crippen LogP contribution in [0.1, 0.15) is 96.3 Å². The number of hydrogen-bond donors (Lipinski definition) is 0. The summed E-state index contributed by atoms with van der Waals surface area (Å²) >= 11 is 5.46. The zero-order valence-electron chi connectivity index (χ0n) is 13.8. The molecule has 0 spiro atoms. The molecule has 0 N–H and O–H groups in total. The Hall–Kier alpha value is -0.430. The van der Waals surface area contributed by atoms with Gasteiger partial charge in [0.15, 0.2) is 0 Å². The Morgan fingerprint density at radius 2 is 0.952 bits per heavy atom. The molecule has 1 heteroatoms. The van der Waals surface area contributed by atoms with Gasteiger partial charge in [0.2, 0.25) is 0 Å². The van der Waals surface area contributed by atoms with Crippen LogP contribution in [0.5, 0.6) is 0 Å². The molecule has 0 amide bonds. The van der Waals surface area contributed by atoms with Crippen molar-refractivity contribution in [3.05, 3.63) is 24.3 Å². The largest absolute Gasteiger partial charge is 0.0894 e. The molecule has 0 fully saturated rings. The van der Waals surface area contributed by atoms with Crippen molar-refractivity contribution in [1.29, 1.82) is 0 Å². The van der Waals surface area contributed by atoms with Crippen molar-refractivity contribution in [3.63, 3.8) is 0 Å². The van der Waals surface area contributed by atoms with Gasteiger partial charge in [0.25, 0.3) is 0 Å². The summed E-state index contributed by atoms with van der Waals surface area (Å²) in [6.07, 6.45) is 29.1. The van der Waals surface area contributed by atoms with E-state index in [0.29, 0.717) is 0 Å². The highest BCUT2D eigenvalue weighted by atomic mass is 32.1. The molecule has 1 aliphatic carbocycles. The van der Waals surface area contributed by atoms with Crippen molar-refractivity contribution in [3.8, 4) is 0 Å². The zero-order chi connectivity index (χ0) is 15.0. The van der Waals surface area contributed by atoms with Crippen LogP contribution in [0.15, 0.2) is 24.3 Å². The van der Waals surface area contributed by atoms with Gasteiger partial charge in [-0.25, -0.2) is 0 Å². The lowest BCUT2D eigenvalue weighted by molar-refractivity contribution is 0.617. The van der Waals surface area contributed by atoms with Crippen LogP contribution < -0.4 is 0 Å². The lowest BCUT2D eigenvalue weighted by Crippen LogP contribution is -1.92. The summed E-state index contributed by atoms with van der Waals surface area (Å²) < 4.78 is 0. The van der Waals surface area contributed by atoms with Crippen LogP contribution in [0.25, 0.3) is 0 Å². The lowest BCUT2D eigenvalue weighted by Gasteiger charge is -2.02. The average molecular weight is 307 g/mol. The molecule has 0 saturated heterocycles. The van der Waals surface area contributed by atoms with E-state index in [-0.39, 0.29) is 0 Å². The van der Waals surface area contributed by atoms with Crippen LogP contribution in [-0.2, 0) is 0 Å². The predicted molar refractivity (Wildman–Crippen MR) is 100 cm³/mol. The van der Waals surface area contributed by atoms with Gasteiger partial charge in [-0.1, -0.05) is 75.0 Å². The zero-order valence-corrected chi connectivity index (χ0v) is 14.6. The van der Waals surface area contributed by atoms with Gasteiger partial charge >= 0.3 is 0 Å². The van der Waals surface area contributed by atoms with Crippen LogP contribution >= 0.6 is 12.2 Å². The topological polar surface area (TPSA) is 0 Å². The standard InChI is InChI=1S/C20H34S/c21-20-18-16-14-12-10-8-6-4-2-1-3-5-7-9-11-13-15-17-19-20/h2,4,15,17H,1,3,5-14,16,18-19H2/b4-2-,17-15+. The van der Waals surface area contributed by atoms with Crippen LogP contribution in [0.4, 0.5) is 0 Å². The molecule has 0 aliphatic heterocycles. The van der Waals surface area contributed by atoms with Crippen LogP contribution in [0.2, 0.25) is 0 Å². The molecule has 120 valence electrons. The molecular formula is C20H34S. The van der Waals surface area contributed by atoms with E-state index in [2.05, 4.69) is 24.3 Å². The summed E-state index contributed by atoms with van der Waals surface area (Å²) in [7, 11) is 0. The van der Waals surface area contributed by atoms with Crippen molar-refractivity contribution in [2.75, 3.05) is 0 Å². The average Bonchev–Trinajstić information content (AvgIpc) is 2.48. The Kier molecular flexibility index (Phi) is 12.9. The SMILES string of the molecule is S=C1C/C=C/CCCCCCC/C=C\CCCCCCC1. The molecule has 1 aliphatic rings. The molecule has 0 bridgehead atoms. The molecule has 0 aromatic heterocycles. The number of hydrogen-bond acceptors (Lipinski definition) is 1. The van der Waals surface area contributed by atoms with E-state index in [9.17, 15) is 0 Å². The van der Waals surface area contributed by atoms with Crippen LogP contribution in [-0.4, -0.2) is 4.86 Å². The first-order valence-electron chi connectivity index (χ1n) is 9.21. The lowest BCUT2D eigenvalue weighted by atomic mass is 10.1. The normalized spacial score (nSPS) is 25.0. The van der Waals surface area contributed by atoms with E-state index in [1.807, 2.05) is 0 Å². The molecule has 0 heterocycles. The second kappa shape index (κ2) is 14.5. The molecule has 0 nitrogen and oxygen atoms in total. The van der Waals surface area contributed by atoms with Crippen molar-refractivity contribution < 1.29 is 0 Å². The van der Waals surface area contributed by atoms with Crippen LogP contribution in [0.3, 0.4) is 0 Å². The first-order valence-corrected chi connectivity index (χ1v) is 9.62. The van der Waals surface area contributed by atoms with Gasteiger partial charge < -0.3 is 0 Å². The fraction of sp³-hybridized carbons (Fsp3) is 0.750. The summed E-state index contributed by atoms with van der Waals surface area (Å²) in [6, 6.07) is 0. The molecule has 0 aromatic rings. The molecule has 0 saturated carbocycles. The molecular weight excluding hydrogens is 272 g/mol. The van der Waals surface area contributed by atoms with Gasteiger partial charge in [-0.2, -0.15) is 0 Å². The van der Waals surface area contributed by atoms with Crippen molar-refractivity contribution in [2.45, 2.75) is 96.3 Å². The van der Waals surface area contributed by atoms with E-state index in [1.54, 1.807) is 0 Å². The minimum atomic E-state index is 1.03. The maximum atomic E-state index is 5.46. The molecule has 21 heavy (non-hydrogen) atoms. The minimum absolute atomic E-state index is 1.03. The van der Waals surface area contributed by atoms with Gasteiger partial charge in [0.1, 0.15) is 0 Å². The highest BCUT2D eigenvalue weighted by Crippen LogP contribution is 2.12. The van der Waals surface area contributed by atoms with E-state index in [0.717, 1.165) is 12.8 Å². The quantitative estimate of drug-likeness (QED) is 0.333. The second-order valence-electron chi connectivity index (χ2n) is 6.34. The highest BCUT2D eigenvalue weighted by molar-refractivity contribution is 7.80. The Labute approximate surface area is 138 Å². The smallest absolute Gasteiger partial charge is 0.00335 e. The Morgan fingerprint density at radius 3 is 1.52 bits per heavy atom. The fourth-order valence-corrected chi connectivity index (χ4v) is 3.08. The van der Waals surface area contributed by atoms with E-state index in [1.165, 1.54) is 88.3 Å². The van der Waals surface area contributed by atoms with Gasteiger partial charge in [0, 0.05) is 0 Å². The Morgan fingerprint density at radius 1 is 0.524 bits per heavy atom. The third-order valence-electron chi connectivity index (χ3n) is 4.25. The third kappa shape index (κ3) is 13.0. The third-order valence-corrected chi connectivity index (χ3v) is 4.62. The first-order chi connectivity index (χ1) is 10.4. The molecule has 0 unspecified atom stereocenters. The maximum Gasteiger partial charge on any atom is -0.00335 e. The number of thiocarbonyl (C=S) groups is 1. The summed E-state index contributed by atoms with van der Waals surface area (Å²) in [4.78, 5) is 1.25. The second-order valence-corrected chi connectivity index (χ2v) is 6.91. The molecule has 0 radical (unpaired) electrons. The van der Waals surface area contributed by atoms with E-state index < -0.39 is 0 Å². The maximum absolute atomic E-state index is 5.46. The fourth-order valence-electron chi connectivity index (χ4n) is 2.84. The van der Waals surface area contributed by atoms with Crippen molar-refractivity contribution in [1.82, 2.24) is 0 Å². The monoisotopic (exact) mass is 306 g/mol. The van der Waals surface area contributed by atoms with Gasteiger partial charge in [-0.3, -0.25) is 0 Å². The first kappa shape index (κ1) is 18.6. The summed E-state index contributed by atoms with van der Waals surface area (Å²) in [5, 5.41) is 0. The Bertz CT molecular complexity index is 301. The Balaban J connectivity index is 2.20. The van der Waals surface area contributed by atoms with Gasteiger partial charge in [0.05, 0.1) is 0 Å². The molecule has 1 rings (SSSR count). The number of rotatable bonds is 0. The van der Waals surface area contributed by atoms with Crippen molar-refractivity contribution >= 4 is 17.1 Å². The van der Waals surface area contributed by atoms with E-state index >= 15 is 0 Å². The predicted octanol–water partition coefficient (Wildman–Crippen LogP) is 7.33. The summed E-state index contributed by atoms with van der Waals surface area (Å²) in [5.41, 5.74) is 0. The highest BCUT2D eigenvalue weighted by Gasteiger charge is 1.96. The van der Waals surface area contributed by atoms with E-state index in [4.69, 9.17) is 12.2 Å². The van der Waals surface area contributed by atoms with Gasteiger partial charge in [-0.05, 0) is 62.7 Å². The molecule has 0 aromatic carbocycles. The van der Waals surface area contributed by atoms with Crippen molar-refractivity contribution in [2.24, 2.45) is 0 Å². The summed E-state index contributed by atoms with van der Waals surface area (Å²) in [6.45, 7) is 0. The number of allylic oxidation sites excluding steroid dienone is 4. The summed E-state index contributed by atoms with van der Waals surface area (Å²) in [5.74, 6) is 0. The van der Waals surface area contributed by atoms with Gasteiger partial charge in [-0.15, -0.1) is 0 Å².